The lowest BCUT2D eigenvalue weighted by molar-refractivity contribution is -0.384. The summed E-state index contributed by atoms with van der Waals surface area (Å²) in [5.41, 5.74) is 0.0587. The van der Waals surface area contributed by atoms with Gasteiger partial charge in [0.15, 0.2) is 0 Å². The summed E-state index contributed by atoms with van der Waals surface area (Å²) >= 11 is 0. The first-order valence-corrected chi connectivity index (χ1v) is 6.26. The van der Waals surface area contributed by atoms with Crippen LogP contribution in [0.25, 0.3) is 0 Å². The highest BCUT2D eigenvalue weighted by Crippen LogP contribution is 2.26. The number of hydrogen-bond donors (Lipinski definition) is 2. The maximum atomic E-state index is 11.0. The van der Waals surface area contributed by atoms with Crippen molar-refractivity contribution in [2.24, 2.45) is 0 Å². The van der Waals surface area contributed by atoms with Gasteiger partial charge in [-0.25, -0.2) is 4.79 Å². The molecule has 0 aliphatic heterocycles. The molecular weight excluding hydrogens is 264 g/mol. The van der Waals surface area contributed by atoms with Gasteiger partial charge < -0.3 is 15.2 Å². The molecule has 0 radical (unpaired) electrons. The summed E-state index contributed by atoms with van der Waals surface area (Å²) in [5.74, 6) is -1.12. The lowest BCUT2D eigenvalue weighted by atomic mass is 10.1. The van der Waals surface area contributed by atoms with Crippen molar-refractivity contribution >= 4 is 17.3 Å². The number of nitrogens with one attached hydrogen (secondary N) is 1. The third-order valence-electron chi connectivity index (χ3n) is 2.80. The lowest BCUT2D eigenvalue weighted by Crippen LogP contribution is -2.25. The second kappa shape index (κ2) is 7.44. The van der Waals surface area contributed by atoms with Crippen LogP contribution in [0.2, 0.25) is 0 Å². The summed E-state index contributed by atoms with van der Waals surface area (Å²) in [5, 5.41) is 22.9. The van der Waals surface area contributed by atoms with Crippen LogP contribution < -0.4 is 5.32 Å². The van der Waals surface area contributed by atoms with Crippen molar-refractivity contribution in [1.82, 2.24) is 0 Å². The highest BCUT2D eigenvalue weighted by Gasteiger charge is 2.19. The van der Waals surface area contributed by atoms with Gasteiger partial charge in [-0.3, -0.25) is 10.1 Å². The number of ether oxygens (including phenoxy) is 1. The number of methoxy groups -OCH3 is 1. The van der Waals surface area contributed by atoms with Crippen LogP contribution in [0.1, 0.15) is 30.1 Å². The predicted octanol–water partition coefficient (Wildman–Crippen LogP) is 2.52. The van der Waals surface area contributed by atoms with Gasteiger partial charge >= 0.3 is 5.97 Å². The van der Waals surface area contributed by atoms with Crippen LogP contribution in [0.15, 0.2) is 18.2 Å². The minimum atomic E-state index is -1.12. The van der Waals surface area contributed by atoms with Crippen LogP contribution in [0.4, 0.5) is 11.4 Å². The van der Waals surface area contributed by atoms with E-state index in [1.807, 2.05) is 6.92 Å². The zero-order valence-electron chi connectivity index (χ0n) is 11.5. The number of hydrogen-bond acceptors (Lipinski definition) is 5. The topological polar surface area (TPSA) is 102 Å². The molecule has 1 aromatic rings. The largest absolute Gasteiger partial charge is 0.478 e. The Hall–Kier alpha value is -2.15. The molecule has 1 atom stereocenters. The van der Waals surface area contributed by atoms with E-state index in [4.69, 9.17) is 9.84 Å². The number of carboxylic acids is 1. The van der Waals surface area contributed by atoms with Crippen molar-refractivity contribution in [2.75, 3.05) is 19.0 Å². The zero-order chi connectivity index (χ0) is 15.1. The Labute approximate surface area is 116 Å². The van der Waals surface area contributed by atoms with E-state index in [2.05, 4.69) is 5.32 Å². The molecule has 0 heterocycles. The third-order valence-corrected chi connectivity index (χ3v) is 2.80. The quantitative estimate of drug-likeness (QED) is 0.561. The van der Waals surface area contributed by atoms with Crippen molar-refractivity contribution in [3.63, 3.8) is 0 Å². The molecule has 1 rings (SSSR count). The Morgan fingerprint density at radius 1 is 1.55 bits per heavy atom. The number of carboxylic acid groups (broad SMARTS) is 1. The Balaban J connectivity index is 3.07. The van der Waals surface area contributed by atoms with Crippen molar-refractivity contribution in [1.29, 1.82) is 0 Å². The van der Waals surface area contributed by atoms with Crippen LogP contribution in [0.5, 0.6) is 0 Å². The van der Waals surface area contributed by atoms with Gasteiger partial charge in [0.1, 0.15) is 5.69 Å². The number of nitrogens with zero attached hydrogens (tertiary/aromatic N) is 1. The molecule has 1 aromatic carbocycles. The minimum absolute atomic E-state index is 0.00534. The van der Waals surface area contributed by atoms with E-state index >= 15 is 0 Å². The first kappa shape index (κ1) is 15.9. The minimum Gasteiger partial charge on any atom is -0.478 e. The molecule has 0 aliphatic carbocycles. The van der Waals surface area contributed by atoms with Crippen LogP contribution in [-0.2, 0) is 4.74 Å². The standard InChI is InChI=1S/C13H18N2O5/c1-3-4-10(8-20-2)14-11-7-9(13(16)17)5-6-12(11)15(18)19/h5-7,10,14H,3-4,8H2,1-2H3,(H,16,17). The van der Waals surface area contributed by atoms with Crippen LogP contribution in [0.3, 0.4) is 0 Å². The van der Waals surface area contributed by atoms with Crippen molar-refractivity contribution in [3.05, 3.63) is 33.9 Å². The summed E-state index contributed by atoms with van der Waals surface area (Å²) in [6, 6.07) is 3.59. The van der Waals surface area contributed by atoms with Crippen LogP contribution in [0, 0.1) is 10.1 Å². The average molecular weight is 282 g/mol. The molecule has 0 bridgehead atoms. The fourth-order valence-electron chi connectivity index (χ4n) is 1.91. The first-order valence-electron chi connectivity index (χ1n) is 6.26. The summed E-state index contributed by atoms with van der Waals surface area (Å²) in [6.45, 7) is 2.38. The highest BCUT2D eigenvalue weighted by molar-refractivity contribution is 5.90. The number of rotatable bonds is 8. The second-order valence-electron chi connectivity index (χ2n) is 4.38. The number of benzene rings is 1. The van der Waals surface area contributed by atoms with E-state index in [-0.39, 0.29) is 23.0 Å². The normalized spacial score (nSPS) is 11.9. The summed E-state index contributed by atoms with van der Waals surface area (Å²) in [6.07, 6.45) is 1.65. The van der Waals surface area contributed by atoms with Gasteiger partial charge in [-0.15, -0.1) is 0 Å². The zero-order valence-corrected chi connectivity index (χ0v) is 11.5. The van der Waals surface area contributed by atoms with E-state index in [1.54, 1.807) is 7.11 Å². The third kappa shape index (κ3) is 4.20. The molecule has 0 aliphatic rings. The summed E-state index contributed by atoms with van der Waals surface area (Å²) < 4.78 is 5.06. The Kier molecular flexibility index (Phi) is 5.92. The van der Waals surface area contributed by atoms with Crippen LogP contribution >= 0.6 is 0 Å². The summed E-state index contributed by atoms with van der Waals surface area (Å²) in [7, 11) is 1.55. The fraction of sp³-hybridized carbons (Fsp3) is 0.462. The first-order chi connectivity index (χ1) is 9.49. The molecule has 7 nitrogen and oxygen atoms in total. The molecule has 0 saturated carbocycles. The molecule has 0 amide bonds. The van der Waals surface area contributed by atoms with Gasteiger partial charge in [0, 0.05) is 19.2 Å². The predicted molar refractivity (Wildman–Crippen MR) is 74.3 cm³/mol. The fourth-order valence-corrected chi connectivity index (χ4v) is 1.91. The van der Waals surface area contributed by atoms with Crippen molar-refractivity contribution in [2.45, 2.75) is 25.8 Å². The molecule has 110 valence electrons. The highest BCUT2D eigenvalue weighted by atomic mass is 16.6. The molecule has 0 fully saturated rings. The Bertz CT molecular complexity index is 484. The summed E-state index contributed by atoms with van der Waals surface area (Å²) in [4.78, 5) is 21.4. The van der Waals surface area contributed by atoms with Gasteiger partial charge in [0.2, 0.25) is 0 Å². The molecule has 20 heavy (non-hydrogen) atoms. The maximum Gasteiger partial charge on any atom is 0.335 e. The van der Waals surface area contributed by atoms with Crippen LogP contribution in [-0.4, -0.2) is 35.8 Å². The smallest absolute Gasteiger partial charge is 0.335 e. The van der Waals surface area contributed by atoms with E-state index in [1.165, 1.54) is 18.2 Å². The van der Waals surface area contributed by atoms with Crippen molar-refractivity contribution in [3.8, 4) is 0 Å². The molecule has 0 saturated heterocycles. The molecular formula is C13H18N2O5. The lowest BCUT2D eigenvalue weighted by Gasteiger charge is -2.18. The van der Waals surface area contributed by atoms with E-state index < -0.39 is 10.9 Å². The average Bonchev–Trinajstić information content (AvgIpc) is 2.38. The van der Waals surface area contributed by atoms with Crippen molar-refractivity contribution < 1.29 is 19.6 Å². The molecule has 0 aromatic heterocycles. The van der Waals surface area contributed by atoms with E-state index in [9.17, 15) is 14.9 Å². The SMILES string of the molecule is CCCC(COC)Nc1cc(C(=O)O)ccc1[N+](=O)[O-]. The maximum absolute atomic E-state index is 11.0. The van der Waals surface area contributed by atoms with E-state index in [0.29, 0.717) is 6.61 Å². The monoisotopic (exact) mass is 282 g/mol. The molecule has 2 N–H and O–H groups in total. The van der Waals surface area contributed by atoms with Gasteiger partial charge in [-0.05, 0) is 18.6 Å². The number of nitro benzene ring substituents is 1. The number of nitro groups is 1. The van der Waals surface area contributed by atoms with Gasteiger partial charge in [-0.1, -0.05) is 13.3 Å². The molecule has 7 heteroatoms. The van der Waals surface area contributed by atoms with Gasteiger partial charge in [-0.2, -0.15) is 0 Å². The molecule has 0 spiro atoms. The Morgan fingerprint density at radius 3 is 2.75 bits per heavy atom. The number of carbonyl (C=O) groups is 1. The second-order valence-corrected chi connectivity index (χ2v) is 4.38. The number of aromatic carboxylic acids is 1. The Morgan fingerprint density at radius 2 is 2.25 bits per heavy atom. The van der Waals surface area contributed by atoms with Gasteiger partial charge in [0.25, 0.3) is 5.69 Å². The number of anilines is 1. The van der Waals surface area contributed by atoms with Gasteiger partial charge in [0.05, 0.1) is 17.1 Å². The molecule has 1 unspecified atom stereocenters. The van der Waals surface area contributed by atoms with E-state index in [0.717, 1.165) is 12.8 Å².